The predicted molar refractivity (Wildman–Crippen MR) is 85.2 cm³/mol. The van der Waals surface area contributed by atoms with Gasteiger partial charge in [0.05, 0.1) is 6.61 Å². The van der Waals surface area contributed by atoms with E-state index in [1.54, 1.807) is 13.2 Å². The van der Waals surface area contributed by atoms with Gasteiger partial charge in [0.25, 0.3) is 0 Å². The van der Waals surface area contributed by atoms with E-state index in [1.165, 1.54) is 24.2 Å². The van der Waals surface area contributed by atoms with Crippen LogP contribution in [0.25, 0.3) is 0 Å². The van der Waals surface area contributed by atoms with Crippen molar-refractivity contribution >= 4 is 21.4 Å². The molecule has 0 saturated heterocycles. The van der Waals surface area contributed by atoms with E-state index in [4.69, 9.17) is 4.74 Å². The summed E-state index contributed by atoms with van der Waals surface area (Å²) in [6.07, 6.45) is 3.16. The fourth-order valence-electron chi connectivity index (χ4n) is 2.03. The van der Waals surface area contributed by atoms with Gasteiger partial charge in [-0.1, -0.05) is 6.92 Å². The molecular formula is C14H24N2O3S2. The molecule has 0 aliphatic heterocycles. The van der Waals surface area contributed by atoms with Crippen molar-refractivity contribution in [1.29, 1.82) is 0 Å². The third-order valence-electron chi connectivity index (χ3n) is 3.57. The van der Waals surface area contributed by atoms with Gasteiger partial charge in [-0.05, 0) is 37.8 Å². The lowest BCUT2D eigenvalue weighted by Gasteiger charge is -2.15. The molecule has 1 aromatic rings. The second-order valence-corrected chi connectivity index (χ2v) is 8.59. The molecule has 0 radical (unpaired) electrons. The van der Waals surface area contributed by atoms with Crippen molar-refractivity contribution in [2.45, 2.75) is 55.9 Å². The molecule has 1 aromatic heterocycles. The van der Waals surface area contributed by atoms with E-state index >= 15 is 0 Å². The minimum atomic E-state index is -3.46. The Labute approximate surface area is 131 Å². The van der Waals surface area contributed by atoms with E-state index < -0.39 is 10.0 Å². The highest BCUT2D eigenvalue weighted by atomic mass is 32.2. The number of hydrogen-bond donors (Lipinski definition) is 2. The molecule has 1 aliphatic rings. The Kier molecular flexibility index (Phi) is 5.79. The molecule has 0 amide bonds. The van der Waals surface area contributed by atoms with Crippen LogP contribution in [-0.4, -0.2) is 34.2 Å². The van der Waals surface area contributed by atoms with Crippen LogP contribution in [0.4, 0.5) is 0 Å². The van der Waals surface area contributed by atoms with Gasteiger partial charge in [0.15, 0.2) is 0 Å². The summed E-state index contributed by atoms with van der Waals surface area (Å²) in [7, 11) is -1.88. The molecule has 2 rings (SSSR count). The first-order valence-corrected chi connectivity index (χ1v) is 9.60. The summed E-state index contributed by atoms with van der Waals surface area (Å²) in [4.78, 5) is 1.10. The third-order valence-corrected chi connectivity index (χ3v) is 6.81. The zero-order chi connectivity index (χ0) is 15.5. The quantitative estimate of drug-likeness (QED) is 0.726. The van der Waals surface area contributed by atoms with Gasteiger partial charge in [0.1, 0.15) is 4.21 Å². The predicted octanol–water partition coefficient (Wildman–Crippen LogP) is 2.01. The molecule has 1 heterocycles. The van der Waals surface area contributed by atoms with E-state index in [9.17, 15) is 8.42 Å². The maximum Gasteiger partial charge on any atom is 0.250 e. The number of sulfonamides is 1. The molecule has 5 nitrogen and oxygen atoms in total. The lowest BCUT2D eigenvalue weighted by Crippen LogP contribution is -2.37. The second-order valence-electron chi connectivity index (χ2n) is 5.51. The fourth-order valence-corrected chi connectivity index (χ4v) is 4.90. The Morgan fingerprint density at radius 2 is 2.19 bits per heavy atom. The maximum absolute atomic E-state index is 12.4. The number of aryl methyl sites for hydroxylation is 1. The van der Waals surface area contributed by atoms with Crippen molar-refractivity contribution < 1.29 is 13.2 Å². The molecule has 2 N–H and O–H groups in total. The van der Waals surface area contributed by atoms with Crippen molar-refractivity contribution in [1.82, 2.24) is 10.0 Å². The summed E-state index contributed by atoms with van der Waals surface area (Å²) in [5.41, 5.74) is 1.04. The minimum Gasteiger partial charge on any atom is -0.383 e. The van der Waals surface area contributed by atoms with Crippen LogP contribution in [0.2, 0.25) is 0 Å². The zero-order valence-electron chi connectivity index (χ0n) is 12.8. The van der Waals surface area contributed by atoms with Crippen molar-refractivity contribution in [2.75, 3.05) is 13.7 Å². The molecule has 0 bridgehead atoms. The summed E-state index contributed by atoms with van der Waals surface area (Å²) in [5, 5.41) is 3.43. The van der Waals surface area contributed by atoms with Crippen LogP contribution in [0.3, 0.4) is 0 Å². The molecule has 1 aliphatic carbocycles. The van der Waals surface area contributed by atoms with Crippen LogP contribution < -0.4 is 10.0 Å². The van der Waals surface area contributed by atoms with E-state index in [0.29, 0.717) is 23.3 Å². The lowest BCUT2D eigenvalue weighted by molar-refractivity contribution is 0.173. The Morgan fingerprint density at radius 3 is 2.76 bits per heavy atom. The smallest absolute Gasteiger partial charge is 0.250 e. The minimum absolute atomic E-state index is 0.185. The number of thiophene rings is 1. The Bertz CT molecular complexity index is 565. The Hall–Kier alpha value is -0.470. The average molecular weight is 332 g/mol. The largest absolute Gasteiger partial charge is 0.383 e. The van der Waals surface area contributed by atoms with Crippen molar-refractivity contribution in [3.05, 3.63) is 16.5 Å². The molecular weight excluding hydrogens is 308 g/mol. The standard InChI is InChI=1S/C14H24N2O3S2/c1-4-11(9-19-3)16-21(17,18)14-7-10(2)13(20-14)8-15-12-5-6-12/h7,11-12,15-16H,4-6,8-9H2,1-3H3. The topological polar surface area (TPSA) is 67.4 Å². The van der Waals surface area contributed by atoms with Crippen molar-refractivity contribution in [2.24, 2.45) is 0 Å². The number of methoxy groups -OCH3 is 1. The number of hydrogen-bond acceptors (Lipinski definition) is 5. The Morgan fingerprint density at radius 1 is 1.48 bits per heavy atom. The summed E-state index contributed by atoms with van der Waals surface area (Å²) in [5.74, 6) is 0. The van der Waals surface area contributed by atoms with Crippen molar-refractivity contribution in [3.63, 3.8) is 0 Å². The first-order valence-electron chi connectivity index (χ1n) is 7.30. The van der Waals surface area contributed by atoms with E-state index in [1.807, 2.05) is 13.8 Å². The van der Waals surface area contributed by atoms with Crippen LogP contribution in [0.15, 0.2) is 10.3 Å². The maximum atomic E-state index is 12.4. The molecule has 7 heteroatoms. The lowest BCUT2D eigenvalue weighted by atomic mass is 10.3. The molecule has 1 saturated carbocycles. The third kappa shape index (κ3) is 4.75. The Balaban J connectivity index is 2.06. The van der Waals surface area contributed by atoms with Crippen LogP contribution in [0.5, 0.6) is 0 Å². The molecule has 1 unspecified atom stereocenters. The van der Waals surface area contributed by atoms with Gasteiger partial charge in [0, 0.05) is 30.6 Å². The molecule has 0 aromatic carbocycles. The van der Waals surface area contributed by atoms with Crippen molar-refractivity contribution in [3.8, 4) is 0 Å². The second kappa shape index (κ2) is 7.19. The van der Waals surface area contributed by atoms with Gasteiger partial charge < -0.3 is 10.1 Å². The average Bonchev–Trinajstić information content (AvgIpc) is 3.18. The monoisotopic (exact) mass is 332 g/mol. The number of nitrogens with one attached hydrogen (secondary N) is 2. The zero-order valence-corrected chi connectivity index (χ0v) is 14.4. The van der Waals surface area contributed by atoms with Gasteiger partial charge in [-0.25, -0.2) is 13.1 Å². The molecule has 1 fully saturated rings. The SMILES string of the molecule is CCC(COC)NS(=O)(=O)c1cc(C)c(CNC2CC2)s1. The first-order chi connectivity index (χ1) is 9.96. The molecule has 1 atom stereocenters. The van der Waals surface area contributed by atoms with E-state index in [0.717, 1.165) is 17.0 Å². The van der Waals surface area contributed by atoms with Crippen LogP contribution in [-0.2, 0) is 21.3 Å². The highest BCUT2D eigenvalue weighted by Gasteiger charge is 2.24. The fraction of sp³-hybridized carbons (Fsp3) is 0.714. The normalized spacial score (nSPS) is 17.1. The van der Waals surface area contributed by atoms with Crippen LogP contribution >= 0.6 is 11.3 Å². The van der Waals surface area contributed by atoms with Crippen LogP contribution in [0, 0.1) is 6.92 Å². The highest BCUT2D eigenvalue weighted by molar-refractivity contribution is 7.91. The summed E-state index contributed by atoms with van der Waals surface area (Å²) in [6, 6.07) is 2.20. The molecule has 120 valence electrons. The van der Waals surface area contributed by atoms with E-state index in [-0.39, 0.29) is 6.04 Å². The van der Waals surface area contributed by atoms with Gasteiger partial charge >= 0.3 is 0 Å². The number of ether oxygens (including phenoxy) is 1. The van der Waals surface area contributed by atoms with Crippen LogP contribution in [0.1, 0.15) is 36.6 Å². The summed E-state index contributed by atoms with van der Waals surface area (Å²) >= 11 is 1.35. The van der Waals surface area contributed by atoms with E-state index in [2.05, 4.69) is 10.0 Å². The molecule has 0 spiro atoms. The van der Waals surface area contributed by atoms with Gasteiger partial charge in [-0.15, -0.1) is 11.3 Å². The first kappa shape index (κ1) is 16.9. The summed E-state index contributed by atoms with van der Waals surface area (Å²) in [6.45, 7) is 5.05. The van der Waals surface area contributed by atoms with Gasteiger partial charge in [-0.3, -0.25) is 0 Å². The number of rotatable bonds is 9. The summed E-state index contributed by atoms with van der Waals surface area (Å²) < 4.78 is 33.0. The van der Waals surface area contributed by atoms with Gasteiger partial charge in [-0.2, -0.15) is 0 Å². The van der Waals surface area contributed by atoms with Gasteiger partial charge in [0.2, 0.25) is 10.0 Å². The molecule has 21 heavy (non-hydrogen) atoms. The highest BCUT2D eigenvalue weighted by Crippen LogP contribution is 2.27.